The van der Waals surface area contributed by atoms with E-state index in [0.717, 1.165) is 25.1 Å². The normalized spacial score (nSPS) is 25.2. The minimum atomic E-state index is 0.0246. The number of morpholine rings is 1. The molecular formula is C18H24N2O2. The number of carbonyl (C=O) groups is 1. The minimum absolute atomic E-state index is 0.0246. The van der Waals surface area contributed by atoms with Gasteiger partial charge in [-0.3, -0.25) is 9.69 Å². The molecule has 3 saturated heterocycles. The Hall–Kier alpha value is -1.65. The molecule has 118 valence electrons. The summed E-state index contributed by atoms with van der Waals surface area (Å²) in [5, 5.41) is 0. The highest BCUT2D eigenvalue weighted by Crippen LogP contribution is 2.30. The van der Waals surface area contributed by atoms with Gasteiger partial charge in [0.15, 0.2) is 0 Å². The van der Waals surface area contributed by atoms with Gasteiger partial charge in [0.05, 0.1) is 12.2 Å². The maximum Gasteiger partial charge on any atom is 0.250 e. The molecule has 3 atom stereocenters. The van der Waals surface area contributed by atoms with E-state index in [1.54, 1.807) is 4.90 Å². The Bertz CT molecular complexity index is 541. The van der Waals surface area contributed by atoms with Crippen LogP contribution in [0.2, 0.25) is 0 Å². The molecule has 4 rings (SSSR count). The highest BCUT2D eigenvalue weighted by molar-refractivity contribution is 5.93. The van der Waals surface area contributed by atoms with Crippen molar-refractivity contribution in [1.82, 2.24) is 9.80 Å². The van der Waals surface area contributed by atoms with E-state index in [1.807, 2.05) is 37.4 Å². The van der Waals surface area contributed by atoms with Crippen molar-refractivity contribution in [3.63, 3.8) is 0 Å². The van der Waals surface area contributed by atoms with Crippen LogP contribution in [-0.4, -0.2) is 54.1 Å². The molecule has 0 saturated carbocycles. The third-order valence-corrected chi connectivity index (χ3v) is 4.72. The first-order valence-corrected chi connectivity index (χ1v) is 7.92. The number of nitrogens with zero attached hydrogens (tertiary/aromatic N) is 2. The number of ether oxygens (including phenoxy) is 1. The van der Waals surface area contributed by atoms with Crippen LogP contribution in [0.4, 0.5) is 0 Å². The molecule has 4 heteroatoms. The zero-order valence-corrected chi connectivity index (χ0v) is 13.4. The van der Waals surface area contributed by atoms with Gasteiger partial charge >= 0.3 is 0 Å². The second kappa shape index (κ2) is 6.23. The van der Waals surface area contributed by atoms with Gasteiger partial charge in [0, 0.05) is 44.7 Å². The predicted molar refractivity (Wildman–Crippen MR) is 86.4 cm³/mol. The van der Waals surface area contributed by atoms with Crippen molar-refractivity contribution in [2.45, 2.75) is 38.1 Å². The second-order valence-corrected chi connectivity index (χ2v) is 6.42. The molecule has 3 aliphatic rings. The summed E-state index contributed by atoms with van der Waals surface area (Å²) in [6.45, 7) is 8.56. The van der Waals surface area contributed by atoms with E-state index in [4.69, 9.17) is 4.74 Å². The number of amides is 1. The Kier molecular flexibility index (Phi) is 4.32. The van der Waals surface area contributed by atoms with Crippen LogP contribution in [0.25, 0.3) is 0 Å². The van der Waals surface area contributed by atoms with Crippen molar-refractivity contribution < 1.29 is 9.53 Å². The molecule has 0 aromatic heterocycles. The summed E-state index contributed by atoms with van der Waals surface area (Å²) in [5.74, 6) is 0.0246. The molecule has 0 N–H and O–H groups in total. The number of hydrogen-bond donors (Lipinski definition) is 0. The number of piperidine rings is 1. The van der Waals surface area contributed by atoms with Crippen molar-refractivity contribution >= 4 is 5.91 Å². The molecule has 0 spiro atoms. The van der Waals surface area contributed by atoms with Crippen LogP contribution in [0.5, 0.6) is 0 Å². The lowest BCUT2D eigenvalue weighted by atomic mass is 9.95. The molecule has 0 aliphatic carbocycles. The van der Waals surface area contributed by atoms with Crippen LogP contribution >= 0.6 is 0 Å². The van der Waals surface area contributed by atoms with Gasteiger partial charge in [0.2, 0.25) is 0 Å². The van der Waals surface area contributed by atoms with E-state index >= 15 is 0 Å². The van der Waals surface area contributed by atoms with Crippen LogP contribution in [0.1, 0.15) is 18.9 Å². The summed E-state index contributed by atoms with van der Waals surface area (Å²) in [6.07, 6.45) is 1.87. The molecule has 3 fully saturated rings. The summed E-state index contributed by atoms with van der Waals surface area (Å²) in [5.41, 5.74) is 1.80. The van der Waals surface area contributed by atoms with Gasteiger partial charge in [-0.25, -0.2) is 0 Å². The standard InChI is InChI=1S/C18H24N2O2/c1-13(14(2)20-11-16-9-17(12-20)22-16)18(21)19(3)10-15-7-5-4-6-8-15/h4-8,14,16-17H,1,9-12H2,2-3H3. The van der Waals surface area contributed by atoms with Crippen molar-refractivity contribution in [1.29, 1.82) is 0 Å². The molecule has 3 unspecified atom stereocenters. The molecule has 22 heavy (non-hydrogen) atoms. The molecule has 1 aromatic carbocycles. The van der Waals surface area contributed by atoms with E-state index in [2.05, 4.69) is 18.4 Å². The summed E-state index contributed by atoms with van der Waals surface area (Å²) < 4.78 is 5.66. The van der Waals surface area contributed by atoms with Crippen LogP contribution < -0.4 is 0 Å². The highest BCUT2D eigenvalue weighted by atomic mass is 16.5. The number of carbonyl (C=O) groups excluding carboxylic acids is 1. The van der Waals surface area contributed by atoms with Gasteiger partial charge in [0.1, 0.15) is 0 Å². The van der Waals surface area contributed by atoms with E-state index in [9.17, 15) is 4.79 Å². The Labute approximate surface area is 132 Å². The maximum atomic E-state index is 12.6. The summed E-state index contributed by atoms with van der Waals surface area (Å²) in [4.78, 5) is 16.7. The summed E-state index contributed by atoms with van der Waals surface area (Å²) >= 11 is 0. The Morgan fingerprint density at radius 1 is 1.36 bits per heavy atom. The molecule has 1 amide bonds. The van der Waals surface area contributed by atoms with Gasteiger partial charge < -0.3 is 9.64 Å². The highest BCUT2D eigenvalue weighted by Gasteiger charge is 2.40. The first-order chi connectivity index (χ1) is 10.5. The van der Waals surface area contributed by atoms with Crippen molar-refractivity contribution in [2.24, 2.45) is 0 Å². The SMILES string of the molecule is C=C(C(=O)N(C)Cc1ccccc1)C(C)N1CC2CC(C1)O2. The molecule has 1 aromatic rings. The van der Waals surface area contributed by atoms with E-state index < -0.39 is 0 Å². The lowest BCUT2D eigenvalue weighted by molar-refractivity contribution is -0.185. The van der Waals surface area contributed by atoms with Crippen LogP contribution in [0, 0.1) is 0 Å². The van der Waals surface area contributed by atoms with Gasteiger partial charge in [-0.15, -0.1) is 0 Å². The number of rotatable bonds is 5. The first-order valence-electron chi connectivity index (χ1n) is 7.92. The second-order valence-electron chi connectivity index (χ2n) is 6.42. The van der Waals surface area contributed by atoms with Crippen LogP contribution in [-0.2, 0) is 16.1 Å². The molecule has 4 nitrogen and oxygen atoms in total. The van der Waals surface area contributed by atoms with Gasteiger partial charge in [-0.05, 0) is 12.5 Å². The molecule has 0 radical (unpaired) electrons. The van der Waals surface area contributed by atoms with Gasteiger partial charge in [-0.1, -0.05) is 36.9 Å². The lowest BCUT2D eigenvalue weighted by Crippen LogP contribution is -2.60. The third kappa shape index (κ3) is 3.08. The zero-order valence-electron chi connectivity index (χ0n) is 13.4. The van der Waals surface area contributed by atoms with Crippen molar-refractivity contribution in [3.8, 4) is 0 Å². The third-order valence-electron chi connectivity index (χ3n) is 4.72. The Morgan fingerprint density at radius 3 is 2.55 bits per heavy atom. The van der Waals surface area contributed by atoms with Crippen LogP contribution in [0.3, 0.4) is 0 Å². The fraction of sp³-hybridized carbons (Fsp3) is 0.500. The lowest BCUT2D eigenvalue weighted by Gasteiger charge is -2.49. The minimum Gasteiger partial charge on any atom is -0.372 e. The molecular weight excluding hydrogens is 276 g/mol. The fourth-order valence-electron chi connectivity index (χ4n) is 3.28. The predicted octanol–water partition coefficient (Wildman–Crippen LogP) is 2.06. The molecule has 3 heterocycles. The summed E-state index contributed by atoms with van der Waals surface area (Å²) in [6, 6.07) is 10.1. The van der Waals surface area contributed by atoms with E-state index in [1.165, 1.54) is 0 Å². The summed E-state index contributed by atoms with van der Waals surface area (Å²) in [7, 11) is 1.84. The smallest absolute Gasteiger partial charge is 0.250 e. The van der Waals surface area contributed by atoms with Gasteiger partial charge in [0.25, 0.3) is 5.91 Å². The monoisotopic (exact) mass is 300 g/mol. The maximum absolute atomic E-state index is 12.6. The van der Waals surface area contributed by atoms with Crippen molar-refractivity contribution in [2.75, 3.05) is 20.1 Å². The Morgan fingerprint density at radius 2 is 1.95 bits per heavy atom. The molecule has 2 bridgehead atoms. The van der Waals surface area contributed by atoms with Crippen LogP contribution in [0.15, 0.2) is 42.5 Å². The average Bonchev–Trinajstić information content (AvgIpc) is 2.53. The average molecular weight is 300 g/mol. The topological polar surface area (TPSA) is 32.8 Å². The first kappa shape index (κ1) is 15.3. The number of hydrogen-bond acceptors (Lipinski definition) is 3. The zero-order chi connectivity index (χ0) is 15.7. The molecule has 3 aliphatic heterocycles. The van der Waals surface area contributed by atoms with Crippen molar-refractivity contribution in [3.05, 3.63) is 48.0 Å². The fourth-order valence-corrected chi connectivity index (χ4v) is 3.28. The Balaban J connectivity index is 1.57. The quantitative estimate of drug-likeness (QED) is 0.780. The van der Waals surface area contributed by atoms with E-state index in [-0.39, 0.29) is 11.9 Å². The van der Waals surface area contributed by atoms with E-state index in [0.29, 0.717) is 24.3 Å². The van der Waals surface area contributed by atoms with Gasteiger partial charge in [-0.2, -0.15) is 0 Å². The largest absolute Gasteiger partial charge is 0.372 e. The number of likely N-dealkylation sites (N-methyl/N-ethyl adjacent to an activating group) is 1. The number of fused-ring (bicyclic) bond motifs is 2. The number of benzene rings is 1.